The number of carbonyl (C=O) groups is 1. The van der Waals surface area contributed by atoms with E-state index in [1.165, 1.54) is 0 Å². The van der Waals surface area contributed by atoms with Crippen LogP contribution in [-0.4, -0.2) is 31.2 Å². The molecule has 1 aliphatic rings. The fourth-order valence-electron chi connectivity index (χ4n) is 2.27. The number of hydrogen-bond acceptors (Lipinski definition) is 3. The maximum atomic E-state index is 12.0. The number of rotatable bonds is 3. The molecule has 4 heteroatoms. The van der Waals surface area contributed by atoms with Gasteiger partial charge in [-0.15, -0.1) is 0 Å². The van der Waals surface area contributed by atoms with Gasteiger partial charge in [0.05, 0.1) is 12.1 Å². The Labute approximate surface area is 108 Å². The average molecular weight is 248 g/mol. The highest BCUT2D eigenvalue weighted by molar-refractivity contribution is 5.95. The van der Waals surface area contributed by atoms with Crippen molar-refractivity contribution in [3.8, 4) is 0 Å². The lowest BCUT2D eigenvalue weighted by molar-refractivity contribution is -0.137. The predicted octanol–water partition coefficient (Wildman–Crippen LogP) is 1.47. The van der Waals surface area contributed by atoms with E-state index in [9.17, 15) is 4.79 Å². The lowest BCUT2D eigenvalue weighted by Crippen LogP contribution is -2.54. The van der Waals surface area contributed by atoms with Crippen LogP contribution in [0, 0.1) is 6.92 Å². The van der Waals surface area contributed by atoms with Crippen LogP contribution in [0.4, 0.5) is 5.69 Å². The van der Waals surface area contributed by atoms with E-state index in [0.717, 1.165) is 17.7 Å². The van der Waals surface area contributed by atoms with Gasteiger partial charge in [0.1, 0.15) is 6.61 Å². The lowest BCUT2D eigenvalue weighted by Gasteiger charge is -2.40. The Balaban J connectivity index is 2.23. The van der Waals surface area contributed by atoms with Crippen LogP contribution in [0.1, 0.15) is 18.9 Å². The number of carbonyl (C=O) groups excluding carboxylic acids is 1. The minimum Gasteiger partial charge on any atom is -0.364 e. The third kappa shape index (κ3) is 2.71. The predicted molar refractivity (Wildman–Crippen MR) is 71.6 cm³/mol. The first-order valence-electron chi connectivity index (χ1n) is 6.25. The molecule has 1 aromatic rings. The summed E-state index contributed by atoms with van der Waals surface area (Å²) < 4.78 is 5.63. The van der Waals surface area contributed by atoms with Crippen molar-refractivity contribution in [1.29, 1.82) is 0 Å². The smallest absolute Gasteiger partial charge is 0.253 e. The Morgan fingerprint density at radius 3 is 2.94 bits per heavy atom. The van der Waals surface area contributed by atoms with Crippen LogP contribution in [-0.2, 0) is 9.53 Å². The normalized spacial score (nSPS) is 24.4. The molecule has 2 N–H and O–H groups in total. The van der Waals surface area contributed by atoms with Crippen LogP contribution in [0.5, 0.6) is 0 Å². The van der Waals surface area contributed by atoms with Crippen molar-refractivity contribution in [2.75, 3.05) is 24.6 Å². The van der Waals surface area contributed by atoms with Gasteiger partial charge >= 0.3 is 0 Å². The molecule has 0 radical (unpaired) electrons. The summed E-state index contributed by atoms with van der Waals surface area (Å²) in [6, 6.07) is 7.96. The fourth-order valence-corrected chi connectivity index (χ4v) is 2.27. The zero-order valence-electron chi connectivity index (χ0n) is 11.0. The maximum absolute atomic E-state index is 12.0. The SMILES string of the molecule is Cc1cccc(N2CC(C)(CCN)OCC2=O)c1. The van der Waals surface area contributed by atoms with Crippen molar-refractivity contribution in [3.63, 3.8) is 0 Å². The van der Waals surface area contributed by atoms with Gasteiger partial charge in [0, 0.05) is 5.69 Å². The van der Waals surface area contributed by atoms with Crippen molar-refractivity contribution >= 4 is 11.6 Å². The van der Waals surface area contributed by atoms with E-state index in [0.29, 0.717) is 13.1 Å². The summed E-state index contributed by atoms with van der Waals surface area (Å²) in [7, 11) is 0. The quantitative estimate of drug-likeness (QED) is 0.881. The summed E-state index contributed by atoms with van der Waals surface area (Å²) in [6.07, 6.45) is 0.753. The molecule has 18 heavy (non-hydrogen) atoms. The molecule has 1 aliphatic heterocycles. The van der Waals surface area contributed by atoms with Crippen molar-refractivity contribution in [2.24, 2.45) is 5.73 Å². The van der Waals surface area contributed by atoms with Crippen LogP contribution in [0.15, 0.2) is 24.3 Å². The van der Waals surface area contributed by atoms with Crippen LogP contribution < -0.4 is 10.6 Å². The summed E-state index contributed by atoms with van der Waals surface area (Å²) in [5.41, 5.74) is 7.35. The number of aryl methyl sites for hydroxylation is 1. The summed E-state index contributed by atoms with van der Waals surface area (Å²) in [6.45, 7) is 5.28. The number of anilines is 1. The van der Waals surface area contributed by atoms with E-state index in [-0.39, 0.29) is 18.1 Å². The molecule has 4 nitrogen and oxygen atoms in total. The van der Waals surface area contributed by atoms with Gasteiger partial charge in [0.25, 0.3) is 5.91 Å². The number of hydrogen-bond donors (Lipinski definition) is 1. The van der Waals surface area contributed by atoms with Crippen LogP contribution in [0.3, 0.4) is 0 Å². The van der Waals surface area contributed by atoms with E-state index in [4.69, 9.17) is 10.5 Å². The highest BCUT2D eigenvalue weighted by Gasteiger charge is 2.35. The molecule has 0 spiro atoms. The zero-order valence-corrected chi connectivity index (χ0v) is 11.0. The third-order valence-electron chi connectivity index (χ3n) is 3.32. The Morgan fingerprint density at radius 2 is 2.28 bits per heavy atom. The van der Waals surface area contributed by atoms with Crippen LogP contribution in [0.25, 0.3) is 0 Å². The van der Waals surface area contributed by atoms with E-state index >= 15 is 0 Å². The van der Waals surface area contributed by atoms with Gasteiger partial charge in [0.2, 0.25) is 0 Å². The number of nitrogens with zero attached hydrogens (tertiary/aromatic N) is 1. The summed E-state index contributed by atoms with van der Waals surface area (Å²) >= 11 is 0. The van der Waals surface area contributed by atoms with Crippen molar-refractivity contribution in [1.82, 2.24) is 0 Å². The van der Waals surface area contributed by atoms with Gasteiger partial charge in [-0.3, -0.25) is 4.79 Å². The highest BCUT2D eigenvalue weighted by Crippen LogP contribution is 2.26. The minimum atomic E-state index is -0.341. The molecular formula is C14H20N2O2. The number of morpholine rings is 1. The second-order valence-corrected chi connectivity index (χ2v) is 5.10. The van der Waals surface area contributed by atoms with Gasteiger partial charge in [-0.25, -0.2) is 0 Å². The monoisotopic (exact) mass is 248 g/mol. The van der Waals surface area contributed by atoms with E-state index in [2.05, 4.69) is 0 Å². The second kappa shape index (κ2) is 5.08. The van der Waals surface area contributed by atoms with E-state index in [1.54, 1.807) is 4.90 Å². The van der Waals surface area contributed by atoms with Crippen molar-refractivity contribution in [2.45, 2.75) is 25.9 Å². The van der Waals surface area contributed by atoms with Crippen LogP contribution in [0.2, 0.25) is 0 Å². The molecule has 1 unspecified atom stereocenters. The van der Waals surface area contributed by atoms with Gasteiger partial charge in [0.15, 0.2) is 0 Å². The highest BCUT2D eigenvalue weighted by atomic mass is 16.5. The summed E-state index contributed by atoms with van der Waals surface area (Å²) in [4.78, 5) is 13.8. The third-order valence-corrected chi connectivity index (χ3v) is 3.32. The molecule has 2 rings (SSSR count). The molecule has 1 heterocycles. The van der Waals surface area contributed by atoms with Gasteiger partial charge in [-0.2, -0.15) is 0 Å². The Kier molecular flexibility index (Phi) is 3.68. The Hall–Kier alpha value is -1.39. The van der Waals surface area contributed by atoms with Crippen LogP contribution >= 0.6 is 0 Å². The summed E-state index contributed by atoms with van der Waals surface area (Å²) in [5.74, 6) is 0.00935. The zero-order chi connectivity index (χ0) is 13.2. The average Bonchev–Trinajstić information content (AvgIpc) is 2.33. The summed E-state index contributed by atoms with van der Waals surface area (Å²) in [5, 5.41) is 0. The molecule has 1 atom stereocenters. The fraction of sp³-hybridized carbons (Fsp3) is 0.500. The maximum Gasteiger partial charge on any atom is 0.253 e. The molecule has 0 aromatic heterocycles. The van der Waals surface area contributed by atoms with E-state index < -0.39 is 0 Å². The standard InChI is InChI=1S/C14H20N2O2/c1-11-4-3-5-12(8-11)16-10-14(2,6-7-15)18-9-13(16)17/h3-5,8H,6-7,9-10,15H2,1-2H3. The first-order chi connectivity index (χ1) is 8.54. The Morgan fingerprint density at radius 1 is 1.50 bits per heavy atom. The first kappa shape index (κ1) is 13.1. The molecule has 98 valence electrons. The molecular weight excluding hydrogens is 228 g/mol. The largest absolute Gasteiger partial charge is 0.364 e. The number of benzene rings is 1. The minimum absolute atomic E-state index is 0.00935. The molecule has 0 bridgehead atoms. The van der Waals surface area contributed by atoms with Gasteiger partial charge in [-0.05, 0) is 44.5 Å². The number of ether oxygens (including phenoxy) is 1. The molecule has 0 saturated carbocycles. The lowest BCUT2D eigenvalue weighted by atomic mass is 9.99. The van der Waals surface area contributed by atoms with Gasteiger partial charge in [-0.1, -0.05) is 12.1 Å². The van der Waals surface area contributed by atoms with E-state index in [1.807, 2.05) is 38.1 Å². The van der Waals surface area contributed by atoms with Crippen molar-refractivity contribution in [3.05, 3.63) is 29.8 Å². The molecule has 1 amide bonds. The topological polar surface area (TPSA) is 55.6 Å². The molecule has 1 saturated heterocycles. The van der Waals surface area contributed by atoms with Gasteiger partial charge < -0.3 is 15.4 Å². The second-order valence-electron chi connectivity index (χ2n) is 5.10. The molecule has 1 fully saturated rings. The number of nitrogens with two attached hydrogens (primary N) is 1. The molecule has 1 aromatic carbocycles. The molecule has 0 aliphatic carbocycles. The first-order valence-corrected chi connectivity index (χ1v) is 6.25. The number of amides is 1. The Bertz CT molecular complexity index is 447. The van der Waals surface area contributed by atoms with Crippen molar-refractivity contribution < 1.29 is 9.53 Å².